The smallest absolute Gasteiger partial charge is 0.308 e. The highest BCUT2D eigenvalue weighted by molar-refractivity contribution is 5.80. The number of carbonyl (C=O) groups is 2. The zero-order chi connectivity index (χ0) is 23.2. The average Bonchev–Trinajstić information content (AvgIpc) is 3.02. The quantitative estimate of drug-likeness (QED) is 0.478. The molecular formula is C23H36N2O8. The van der Waals surface area contributed by atoms with Crippen LogP contribution in [0.5, 0.6) is 0 Å². The van der Waals surface area contributed by atoms with Crippen molar-refractivity contribution in [2.24, 2.45) is 23.7 Å². The lowest BCUT2D eigenvalue weighted by Gasteiger charge is -2.59. The molecule has 0 radical (unpaired) electrons. The zero-order valence-electron chi connectivity index (χ0n) is 19.7. The Bertz CT molecular complexity index is 761. The van der Waals surface area contributed by atoms with Gasteiger partial charge in [-0.15, -0.1) is 0 Å². The van der Waals surface area contributed by atoms with Crippen LogP contribution in [0.2, 0.25) is 0 Å². The van der Waals surface area contributed by atoms with Crippen molar-refractivity contribution >= 4 is 11.9 Å². The lowest BCUT2D eigenvalue weighted by atomic mass is 9.58. The maximum absolute atomic E-state index is 12.6. The molecule has 6 fully saturated rings. The van der Waals surface area contributed by atoms with Gasteiger partial charge in [0.1, 0.15) is 0 Å². The van der Waals surface area contributed by atoms with Crippen molar-refractivity contribution in [3.63, 3.8) is 0 Å². The summed E-state index contributed by atoms with van der Waals surface area (Å²) < 4.78 is 23.6. The number of nitrogens with zero attached hydrogens (tertiary/aromatic N) is 1. The lowest BCUT2D eigenvalue weighted by molar-refractivity contribution is -0.576. The Hall–Kier alpha value is -1.30. The van der Waals surface area contributed by atoms with Crippen molar-refractivity contribution < 1.29 is 38.3 Å². The summed E-state index contributed by atoms with van der Waals surface area (Å²) in [7, 11) is 0. The van der Waals surface area contributed by atoms with E-state index in [4.69, 9.17) is 28.7 Å². The summed E-state index contributed by atoms with van der Waals surface area (Å²) in [6, 6.07) is 0. The molecule has 1 saturated carbocycles. The summed E-state index contributed by atoms with van der Waals surface area (Å²) >= 11 is 0. The van der Waals surface area contributed by atoms with Crippen LogP contribution in [0.4, 0.5) is 0 Å². The third-order valence-corrected chi connectivity index (χ3v) is 8.19. The summed E-state index contributed by atoms with van der Waals surface area (Å²) in [6.07, 6.45) is 2.32. The van der Waals surface area contributed by atoms with E-state index < -0.39 is 29.9 Å². The molecule has 5 heterocycles. The van der Waals surface area contributed by atoms with Gasteiger partial charge in [-0.2, -0.15) is 0 Å². The summed E-state index contributed by atoms with van der Waals surface area (Å²) in [5.41, 5.74) is 2.12. The minimum atomic E-state index is -0.871. The molecule has 186 valence electrons. The molecule has 0 aromatic carbocycles. The minimum absolute atomic E-state index is 0.0128. The third-order valence-electron chi connectivity index (χ3n) is 8.19. The van der Waals surface area contributed by atoms with Crippen LogP contribution in [0.25, 0.3) is 0 Å². The van der Waals surface area contributed by atoms with Crippen molar-refractivity contribution in [2.75, 3.05) is 26.3 Å². The van der Waals surface area contributed by atoms with E-state index >= 15 is 0 Å². The SMILES string of the molecule is C[C@H]1[C@H](OC(=O)CCC(=O)NN2CCOCC2)O[C@@H]2O[C@]3(C)CC[C@H]4[C@H](C)CC[C@@H]1[C@@]24OO3. The van der Waals surface area contributed by atoms with E-state index in [1.807, 2.05) is 18.9 Å². The van der Waals surface area contributed by atoms with E-state index in [1.54, 1.807) is 0 Å². The molecule has 8 atom stereocenters. The van der Waals surface area contributed by atoms with Gasteiger partial charge in [0.05, 0.1) is 19.6 Å². The summed E-state index contributed by atoms with van der Waals surface area (Å²) in [5.74, 6) is -0.811. The summed E-state index contributed by atoms with van der Waals surface area (Å²) in [5, 5.41) is 1.81. The van der Waals surface area contributed by atoms with Crippen LogP contribution in [-0.2, 0) is 38.3 Å². The topological polar surface area (TPSA) is 105 Å². The molecule has 2 bridgehead atoms. The van der Waals surface area contributed by atoms with Crippen LogP contribution in [0.15, 0.2) is 0 Å². The van der Waals surface area contributed by atoms with Crippen molar-refractivity contribution in [2.45, 2.75) is 83.3 Å². The van der Waals surface area contributed by atoms with Gasteiger partial charge in [-0.05, 0) is 38.0 Å². The second-order valence-corrected chi connectivity index (χ2v) is 10.4. The Morgan fingerprint density at radius 3 is 2.64 bits per heavy atom. The van der Waals surface area contributed by atoms with Crippen LogP contribution in [0.1, 0.15) is 59.3 Å². The number of esters is 1. The largest absolute Gasteiger partial charge is 0.435 e. The fourth-order valence-electron chi connectivity index (χ4n) is 6.32. The highest BCUT2D eigenvalue weighted by Gasteiger charge is 2.69. The van der Waals surface area contributed by atoms with E-state index in [9.17, 15) is 9.59 Å². The minimum Gasteiger partial charge on any atom is -0.435 e. The standard InChI is InChI=1S/C23H36N2O8/c1-14-4-5-17-15(2)20(29-19(27)7-6-18(26)24-25-10-12-28-13-11-25)30-21-23(17)16(14)8-9-22(3,31-21)32-33-23/h14-17,20-21H,4-13H2,1-3H3,(H,24,26)/t14-,15-,16+,17+,20-,21-,22+,23-/m1/s1. The van der Waals surface area contributed by atoms with Crippen LogP contribution >= 0.6 is 0 Å². The number of ether oxygens (including phenoxy) is 4. The first-order chi connectivity index (χ1) is 15.8. The number of hydrogen-bond acceptors (Lipinski definition) is 9. The summed E-state index contributed by atoms with van der Waals surface area (Å²) in [6.45, 7) is 8.60. The number of morpholine rings is 1. The van der Waals surface area contributed by atoms with Gasteiger partial charge < -0.3 is 18.9 Å². The number of fused-ring (bicyclic) bond motifs is 2. The van der Waals surface area contributed by atoms with Gasteiger partial charge in [0.15, 0.2) is 11.9 Å². The molecule has 0 unspecified atom stereocenters. The van der Waals surface area contributed by atoms with Gasteiger partial charge in [-0.1, -0.05) is 13.8 Å². The van der Waals surface area contributed by atoms with E-state index in [0.717, 1.165) is 25.7 Å². The van der Waals surface area contributed by atoms with Crippen molar-refractivity contribution in [3.05, 3.63) is 0 Å². The van der Waals surface area contributed by atoms with Crippen molar-refractivity contribution in [1.82, 2.24) is 10.4 Å². The first kappa shape index (κ1) is 23.4. The van der Waals surface area contributed by atoms with Crippen LogP contribution in [0, 0.1) is 23.7 Å². The third kappa shape index (κ3) is 4.30. The Labute approximate surface area is 194 Å². The molecule has 0 aromatic heterocycles. The molecule has 1 N–H and O–H groups in total. The average molecular weight is 469 g/mol. The van der Waals surface area contributed by atoms with E-state index in [1.165, 1.54) is 0 Å². The molecule has 0 aromatic rings. The first-order valence-electron chi connectivity index (χ1n) is 12.3. The van der Waals surface area contributed by atoms with E-state index in [0.29, 0.717) is 32.2 Å². The number of amides is 1. The normalized spacial score (nSPS) is 45.1. The van der Waals surface area contributed by atoms with Gasteiger partial charge in [0.2, 0.25) is 18.0 Å². The predicted molar refractivity (Wildman–Crippen MR) is 113 cm³/mol. The molecule has 1 spiro atoms. The molecule has 6 rings (SSSR count). The molecule has 10 heteroatoms. The molecule has 1 amide bonds. The fourth-order valence-corrected chi connectivity index (χ4v) is 6.32. The van der Waals surface area contributed by atoms with Gasteiger partial charge >= 0.3 is 5.97 Å². The van der Waals surface area contributed by atoms with Crippen LogP contribution in [-0.4, -0.2) is 67.2 Å². The predicted octanol–water partition coefficient (Wildman–Crippen LogP) is 1.88. The van der Waals surface area contributed by atoms with Crippen LogP contribution < -0.4 is 5.43 Å². The maximum atomic E-state index is 12.6. The van der Waals surface area contributed by atoms with Crippen molar-refractivity contribution in [1.29, 1.82) is 0 Å². The molecule has 6 aliphatic rings. The van der Waals surface area contributed by atoms with Gasteiger partial charge in [0, 0.05) is 37.8 Å². The molecule has 1 aliphatic carbocycles. The van der Waals surface area contributed by atoms with Crippen LogP contribution in [0.3, 0.4) is 0 Å². The molecule has 5 aliphatic heterocycles. The van der Waals surface area contributed by atoms with E-state index in [2.05, 4.69) is 12.3 Å². The van der Waals surface area contributed by atoms with Gasteiger partial charge in [-0.3, -0.25) is 15.0 Å². The molecule has 33 heavy (non-hydrogen) atoms. The number of rotatable bonds is 5. The summed E-state index contributed by atoms with van der Waals surface area (Å²) in [4.78, 5) is 36.7. The number of hydrogen-bond donors (Lipinski definition) is 1. The number of nitrogens with one attached hydrogen (secondary N) is 1. The maximum Gasteiger partial charge on any atom is 0.308 e. The number of carbonyl (C=O) groups excluding carboxylic acids is 2. The lowest BCUT2D eigenvalue weighted by Crippen LogP contribution is -2.70. The number of hydrazine groups is 1. The van der Waals surface area contributed by atoms with Gasteiger partial charge in [-0.25, -0.2) is 14.8 Å². The Kier molecular flexibility index (Phi) is 6.43. The monoisotopic (exact) mass is 468 g/mol. The molecular weight excluding hydrogens is 432 g/mol. The Balaban J connectivity index is 1.22. The first-order valence-corrected chi connectivity index (χ1v) is 12.3. The Morgan fingerprint density at radius 1 is 1.06 bits per heavy atom. The Morgan fingerprint density at radius 2 is 1.85 bits per heavy atom. The molecule has 10 nitrogen and oxygen atoms in total. The van der Waals surface area contributed by atoms with Gasteiger partial charge in [0.25, 0.3) is 0 Å². The highest BCUT2D eigenvalue weighted by atomic mass is 17.3. The van der Waals surface area contributed by atoms with Crippen molar-refractivity contribution in [3.8, 4) is 0 Å². The van der Waals surface area contributed by atoms with E-state index in [-0.39, 0.29) is 36.5 Å². The second-order valence-electron chi connectivity index (χ2n) is 10.4. The zero-order valence-corrected chi connectivity index (χ0v) is 19.7. The highest BCUT2D eigenvalue weighted by Crippen LogP contribution is 2.60. The fraction of sp³-hybridized carbons (Fsp3) is 0.913. The molecule has 5 saturated heterocycles. The second kappa shape index (κ2) is 9.05.